The fourth-order valence-corrected chi connectivity index (χ4v) is 3.62. The first-order valence-corrected chi connectivity index (χ1v) is 10.1. The van der Waals surface area contributed by atoms with Crippen molar-refractivity contribution in [2.75, 3.05) is 40.9 Å². The smallest absolute Gasteiger partial charge is 0.213 e. The Morgan fingerprint density at radius 3 is 2.62 bits per heavy atom. The molecule has 1 aromatic heterocycles. The molecule has 2 heterocycles. The van der Waals surface area contributed by atoms with Crippen molar-refractivity contribution in [1.82, 2.24) is 20.5 Å². The molecular formula is C22H31N5O2. The number of ether oxygens (including phenoxy) is 2. The minimum absolute atomic E-state index is 0.265. The van der Waals surface area contributed by atoms with Gasteiger partial charge in [-0.2, -0.15) is 0 Å². The predicted octanol–water partition coefficient (Wildman–Crippen LogP) is 2.60. The fourth-order valence-electron chi connectivity index (χ4n) is 3.62. The lowest BCUT2D eigenvalue weighted by Crippen LogP contribution is -2.42. The van der Waals surface area contributed by atoms with Gasteiger partial charge in [0, 0.05) is 19.7 Å². The van der Waals surface area contributed by atoms with Crippen molar-refractivity contribution in [2.45, 2.75) is 25.4 Å². The fraction of sp³-hybridized carbons (Fsp3) is 0.455. The molecule has 29 heavy (non-hydrogen) atoms. The zero-order valence-electron chi connectivity index (χ0n) is 17.5. The first-order valence-electron chi connectivity index (χ1n) is 10.1. The number of aromatic nitrogens is 1. The zero-order valence-corrected chi connectivity index (χ0v) is 17.5. The van der Waals surface area contributed by atoms with Gasteiger partial charge < -0.3 is 20.1 Å². The summed E-state index contributed by atoms with van der Waals surface area (Å²) in [4.78, 5) is 11.3. The lowest BCUT2D eigenvalue weighted by atomic mass is 10.1. The van der Waals surface area contributed by atoms with E-state index in [9.17, 15) is 0 Å². The number of hydrogen-bond acceptors (Lipinski definition) is 5. The first-order chi connectivity index (χ1) is 14.2. The van der Waals surface area contributed by atoms with E-state index in [1.165, 1.54) is 18.4 Å². The van der Waals surface area contributed by atoms with Gasteiger partial charge in [0.2, 0.25) is 5.88 Å². The molecule has 0 spiro atoms. The van der Waals surface area contributed by atoms with Crippen molar-refractivity contribution in [3.8, 4) is 11.6 Å². The third kappa shape index (κ3) is 5.84. The van der Waals surface area contributed by atoms with E-state index in [4.69, 9.17) is 9.47 Å². The molecule has 1 aromatic carbocycles. The Morgan fingerprint density at radius 2 is 1.90 bits per heavy atom. The first kappa shape index (κ1) is 20.9. The van der Waals surface area contributed by atoms with Crippen LogP contribution in [0.5, 0.6) is 11.6 Å². The third-order valence-corrected chi connectivity index (χ3v) is 5.17. The highest BCUT2D eigenvalue weighted by atomic mass is 16.5. The summed E-state index contributed by atoms with van der Waals surface area (Å²) in [5, 5.41) is 6.81. The largest absolute Gasteiger partial charge is 0.497 e. The van der Waals surface area contributed by atoms with Crippen LogP contribution in [0.4, 0.5) is 0 Å². The van der Waals surface area contributed by atoms with Crippen molar-refractivity contribution in [1.29, 1.82) is 0 Å². The van der Waals surface area contributed by atoms with Gasteiger partial charge in [0.1, 0.15) is 5.75 Å². The summed E-state index contributed by atoms with van der Waals surface area (Å²) < 4.78 is 10.6. The normalized spacial score (nSPS) is 15.8. The molecule has 7 nitrogen and oxygen atoms in total. The maximum atomic E-state index is 5.43. The molecule has 0 bridgehead atoms. The molecule has 1 unspecified atom stereocenters. The maximum absolute atomic E-state index is 5.43. The van der Waals surface area contributed by atoms with Crippen LogP contribution >= 0.6 is 0 Å². The SMILES string of the molecule is CN=C(NCc1cccc(OC)n1)NCC(c1cccc(OC)c1)N1CCCC1. The number of guanidine groups is 1. The molecule has 7 heteroatoms. The molecule has 1 atom stereocenters. The second-order valence-electron chi connectivity index (χ2n) is 7.01. The van der Waals surface area contributed by atoms with Crippen LogP contribution in [0.25, 0.3) is 0 Å². The predicted molar refractivity (Wildman–Crippen MR) is 116 cm³/mol. The van der Waals surface area contributed by atoms with E-state index in [0.717, 1.165) is 37.0 Å². The zero-order chi connectivity index (χ0) is 20.5. The summed E-state index contributed by atoms with van der Waals surface area (Å²) in [5.41, 5.74) is 2.15. The Balaban J connectivity index is 1.63. The summed E-state index contributed by atoms with van der Waals surface area (Å²) in [7, 11) is 5.11. The van der Waals surface area contributed by atoms with Crippen LogP contribution in [-0.4, -0.2) is 56.7 Å². The van der Waals surface area contributed by atoms with Gasteiger partial charge in [-0.1, -0.05) is 18.2 Å². The van der Waals surface area contributed by atoms with Crippen LogP contribution in [0.3, 0.4) is 0 Å². The van der Waals surface area contributed by atoms with Gasteiger partial charge in [0.25, 0.3) is 0 Å². The average Bonchev–Trinajstić information content (AvgIpc) is 3.31. The molecule has 1 fully saturated rings. The minimum Gasteiger partial charge on any atom is -0.497 e. The van der Waals surface area contributed by atoms with E-state index >= 15 is 0 Å². The number of hydrogen-bond donors (Lipinski definition) is 2. The van der Waals surface area contributed by atoms with Crippen LogP contribution in [0.1, 0.15) is 30.1 Å². The maximum Gasteiger partial charge on any atom is 0.213 e. The molecule has 2 aromatic rings. The minimum atomic E-state index is 0.265. The second kappa shape index (κ2) is 10.7. The molecule has 2 N–H and O–H groups in total. The second-order valence-corrected chi connectivity index (χ2v) is 7.01. The van der Waals surface area contributed by atoms with Gasteiger partial charge in [0.05, 0.1) is 32.5 Å². The standard InChI is InChI=1S/C22H31N5O2/c1-23-22(24-15-18-9-7-11-21(26-18)29-3)25-16-20(27-12-4-5-13-27)17-8-6-10-19(14-17)28-2/h6-11,14,20H,4-5,12-13,15-16H2,1-3H3,(H2,23,24,25). The van der Waals surface area contributed by atoms with E-state index in [1.807, 2.05) is 24.3 Å². The number of nitrogens with one attached hydrogen (secondary N) is 2. The van der Waals surface area contributed by atoms with E-state index in [0.29, 0.717) is 12.4 Å². The highest BCUT2D eigenvalue weighted by Crippen LogP contribution is 2.27. The topological polar surface area (TPSA) is 71.0 Å². The number of likely N-dealkylation sites (tertiary alicyclic amines) is 1. The Hall–Kier alpha value is -2.80. The average molecular weight is 398 g/mol. The summed E-state index contributed by atoms with van der Waals surface area (Å²) in [6.07, 6.45) is 2.49. The van der Waals surface area contributed by atoms with Crippen molar-refractivity contribution >= 4 is 5.96 Å². The number of methoxy groups -OCH3 is 2. The van der Waals surface area contributed by atoms with Gasteiger partial charge in [-0.05, 0) is 49.7 Å². The molecule has 1 saturated heterocycles. The molecule has 0 aliphatic carbocycles. The van der Waals surface area contributed by atoms with E-state index in [2.05, 4.69) is 43.7 Å². The quantitative estimate of drug-likeness (QED) is 0.527. The Labute approximate surface area is 173 Å². The van der Waals surface area contributed by atoms with Crippen molar-refractivity contribution in [2.24, 2.45) is 4.99 Å². The van der Waals surface area contributed by atoms with Crippen molar-refractivity contribution < 1.29 is 9.47 Å². The summed E-state index contributed by atoms with van der Waals surface area (Å²) in [5.74, 6) is 2.25. The highest BCUT2D eigenvalue weighted by Gasteiger charge is 2.24. The van der Waals surface area contributed by atoms with Gasteiger partial charge in [-0.15, -0.1) is 0 Å². The van der Waals surface area contributed by atoms with Crippen molar-refractivity contribution in [3.05, 3.63) is 53.7 Å². The number of rotatable bonds is 8. The molecule has 1 aliphatic rings. The molecule has 3 rings (SSSR count). The van der Waals surface area contributed by atoms with Gasteiger partial charge in [0.15, 0.2) is 5.96 Å². The van der Waals surface area contributed by atoms with Crippen molar-refractivity contribution in [3.63, 3.8) is 0 Å². The van der Waals surface area contributed by atoms with E-state index in [1.54, 1.807) is 21.3 Å². The lowest BCUT2D eigenvalue weighted by Gasteiger charge is -2.29. The third-order valence-electron chi connectivity index (χ3n) is 5.17. The van der Waals surface area contributed by atoms with Crippen LogP contribution in [0.15, 0.2) is 47.5 Å². The van der Waals surface area contributed by atoms with Crippen LogP contribution < -0.4 is 20.1 Å². The number of nitrogens with zero attached hydrogens (tertiary/aromatic N) is 3. The van der Waals surface area contributed by atoms with Crippen LogP contribution in [-0.2, 0) is 6.54 Å². The molecular weight excluding hydrogens is 366 g/mol. The van der Waals surface area contributed by atoms with E-state index in [-0.39, 0.29) is 6.04 Å². The highest BCUT2D eigenvalue weighted by molar-refractivity contribution is 5.79. The molecule has 0 saturated carbocycles. The van der Waals surface area contributed by atoms with Gasteiger partial charge >= 0.3 is 0 Å². The van der Waals surface area contributed by atoms with Gasteiger partial charge in [-0.25, -0.2) is 4.98 Å². The Morgan fingerprint density at radius 1 is 1.10 bits per heavy atom. The molecule has 1 aliphatic heterocycles. The summed E-state index contributed by atoms with van der Waals surface area (Å²) >= 11 is 0. The van der Waals surface area contributed by atoms with E-state index < -0.39 is 0 Å². The molecule has 0 radical (unpaired) electrons. The number of aliphatic imine (C=N–C) groups is 1. The Kier molecular flexibility index (Phi) is 7.69. The monoisotopic (exact) mass is 397 g/mol. The van der Waals surface area contributed by atoms with Gasteiger partial charge in [-0.3, -0.25) is 9.89 Å². The number of benzene rings is 1. The van der Waals surface area contributed by atoms with Crippen LogP contribution in [0, 0.1) is 0 Å². The lowest BCUT2D eigenvalue weighted by molar-refractivity contribution is 0.245. The number of pyridine rings is 1. The molecule has 0 amide bonds. The Bertz CT molecular complexity index is 805. The summed E-state index contributed by atoms with van der Waals surface area (Å²) in [6.45, 7) is 3.56. The molecule has 156 valence electrons. The van der Waals surface area contributed by atoms with Crippen LogP contribution in [0.2, 0.25) is 0 Å². The summed E-state index contributed by atoms with van der Waals surface area (Å²) in [6, 6.07) is 14.3.